The second-order valence-electron chi connectivity index (χ2n) is 7.02. The number of anilines is 2. The highest BCUT2D eigenvalue weighted by Crippen LogP contribution is 2.64. The predicted molar refractivity (Wildman–Crippen MR) is 90.5 cm³/mol. The molecule has 13 nitrogen and oxygen atoms in total. The van der Waals surface area contributed by atoms with Crippen molar-refractivity contribution >= 4 is 30.8 Å². The number of phosphoric ester groups is 1. The summed E-state index contributed by atoms with van der Waals surface area (Å²) in [6, 6.07) is 0. The van der Waals surface area contributed by atoms with E-state index in [9.17, 15) is 14.8 Å². The van der Waals surface area contributed by atoms with Gasteiger partial charge in [-0.05, 0) is 6.92 Å². The summed E-state index contributed by atoms with van der Waals surface area (Å²) in [5.41, 5.74) is 2.48. The lowest BCUT2D eigenvalue weighted by Crippen LogP contribution is -2.48. The van der Waals surface area contributed by atoms with Gasteiger partial charge in [-0.15, -0.1) is 0 Å². The first kappa shape index (κ1) is 18.5. The van der Waals surface area contributed by atoms with Crippen LogP contribution in [0.4, 0.5) is 11.8 Å². The molecular formula is C13H19N6O7P. The fourth-order valence-corrected chi connectivity index (χ4v) is 4.12. The van der Waals surface area contributed by atoms with Gasteiger partial charge in [0.05, 0.1) is 6.33 Å². The van der Waals surface area contributed by atoms with Crippen molar-refractivity contribution in [1.29, 1.82) is 0 Å². The molecule has 2 fully saturated rings. The first-order valence-corrected chi connectivity index (χ1v) is 9.42. The molecule has 0 spiro atoms. The molecule has 2 aliphatic rings. The number of aliphatic hydroxyl groups is 2. The predicted octanol–water partition coefficient (Wildman–Crippen LogP) is -1.65. The maximum absolute atomic E-state index is 11.1. The van der Waals surface area contributed by atoms with Gasteiger partial charge in [0, 0.05) is 14.1 Å². The number of imidazole rings is 1. The molecule has 27 heavy (non-hydrogen) atoms. The van der Waals surface area contributed by atoms with Crippen LogP contribution in [0.25, 0.3) is 11.2 Å². The Balaban J connectivity index is 1.74. The zero-order valence-corrected chi connectivity index (χ0v) is 15.5. The molecule has 1 saturated heterocycles. The van der Waals surface area contributed by atoms with Crippen LogP contribution < -0.4 is 10.6 Å². The van der Waals surface area contributed by atoms with Gasteiger partial charge in [0.2, 0.25) is 5.95 Å². The van der Waals surface area contributed by atoms with Crippen LogP contribution in [0.1, 0.15) is 13.2 Å². The van der Waals surface area contributed by atoms with Gasteiger partial charge in [0.15, 0.2) is 28.8 Å². The van der Waals surface area contributed by atoms with Crippen LogP contribution in [0.5, 0.6) is 0 Å². The number of ether oxygens (including phenoxy) is 1. The van der Waals surface area contributed by atoms with Crippen LogP contribution >= 0.6 is 7.82 Å². The standard InChI is InChI=1S/C13H19N6O7P/c1-12(20)10(25-6-7(13(6,12)21)26-27(22,23)24)19-4-15-5-8(18(2)3)16-11(14)17-9(5)19/h4,6-7,10,20-21H,1-3H3,(H2,14,16,17)(H2,22,23,24)/t6-,7?,10-,12+,13+/m1/s1. The Kier molecular flexibility index (Phi) is 3.67. The SMILES string of the molecule is CN(C)c1nc(N)nc2c1ncn2[C@@H]1O[C@@H]2C(OP(=O)(O)O)[C@]2(O)[C@@]1(C)O. The summed E-state index contributed by atoms with van der Waals surface area (Å²) in [7, 11) is -1.36. The molecule has 1 saturated carbocycles. The largest absolute Gasteiger partial charge is 0.470 e. The highest BCUT2D eigenvalue weighted by molar-refractivity contribution is 7.46. The Morgan fingerprint density at radius 3 is 2.56 bits per heavy atom. The van der Waals surface area contributed by atoms with Crippen molar-refractivity contribution in [3.05, 3.63) is 6.33 Å². The topological polar surface area (TPSA) is 189 Å². The average molecular weight is 402 g/mol. The number of nitrogens with two attached hydrogens (primary N) is 1. The van der Waals surface area contributed by atoms with Crippen LogP contribution in [-0.2, 0) is 13.8 Å². The molecule has 14 heteroatoms. The summed E-state index contributed by atoms with van der Waals surface area (Å²) in [6.07, 6.45) is -2.28. The number of fused-ring (bicyclic) bond motifs is 2. The van der Waals surface area contributed by atoms with Crippen molar-refractivity contribution in [1.82, 2.24) is 19.5 Å². The van der Waals surface area contributed by atoms with Crippen LogP contribution in [-0.4, -0.2) is 77.0 Å². The molecule has 1 aliphatic carbocycles. The summed E-state index contributed by atoms with van der Waals surface area (Å²) >= 11 is 0. The number of phosphoric acid groups is 1. The third kappa shape index (κ3) is 2.48. The molecule has 6 N–H and O–H groups in total. The van der Waals surface area contributed by atoms with E-state index in [0.29, 0.717) is 11.3 Å². The maximum atomic E-state index is 11.1. The minimum atomic E-state index is -4.87. The van der Waals surface area contributed by atoms with E-state index in [1.165, 1.54) is 17.8 Å². The molecule has 0 amide bonds. The van der Waals surface area contributed by atoms with Crippen molar-refractivity contribution < 1.29 is 33.8 Å². The van der Waals surface area contributed by atoms with Crippen molar-refractivity contribution in [2.24, 2.45) is 0 Å². The molecular weight excluding hydrogens is 383 g/mol. The van der Waals surface area contributed by atoms with Gasteiger partial charge >= 0.3 is 7.82 Å². The van der Waals surface area contributed by atoms with Crippen molar-refractivity contribution in [3.8, 4) is 0 Å². The smallest absolute Gasteiger partial charge is 0.382 e. The van der Waals surface area contributed by atoms with E-state index in [0.717, 1.165) is 0 Å². The van der Waals surface area contributed by atoms with Crippen molar-refractivity contribution in [2.45, 2.75) is 36.6 Å². The molecule has 0 radical (unpaired) electrons. The minimum absolute atomic E-state index is 0.0165. The molecule has 0 aromatic carbocycles. The second kappa shape index (κ2) is 5.35. The third-order valence-electron chi connectivity index (χ3n) is 4.95. The number of aromatic nitrogens is 4. The zero-order valence-electron chi connectivity index (χ0n) is 14.6. The molecule has 2 aromatic heterocycles. The van der Waals surface area contributed by atoms with Crippen molar-refractivity contribution in [2.75, 3.05) is 24.7 Å². The molecule has 0 bridgehead atoms. The molecule has 5 atom stereocenters. The lowest BCUT2D eigenvalue weighted by molar-refractivity contribution is -0.155. The lowest BCUT2D eigenvalue weighted by atomic mass is 9.95. The van der Waals surface area contributed by atoms with Crippen molar-refractivity contribution in [3.63, 3.8) is 0 Å². The first-order chi connectivity index (χ1) is 12.4. The second-order valence-corrected chi connectivity index (χ2v) is 8.21. The van der Waals surface area contributed by atoms with Gasteiger partial charge in [-0.25, -0.2) is 9.55 Å². The Hall–Kier alpha value is -1.86. The zero-order chi connectivity index (χ0) is 19.9. The van der Waals surface area contributed by atoms with Crippen LogP contribution in [0.2, 0.25) is 0 Å². The van der Waals surface area contributed by atoms with Gasteiger partial charge in [-0.2, -0.15) is 9.97 Å². The Bertz CT molecular complexity index is 973. The van der Waals surface area contributed by atoms with Gasteiger partial charge in [-0.1, -0.05) is 0 Å². The molecule has 1 aliphatic heterocycles. The van der Waals surface area contributed by atoms with E-state index >= 15 is 0 Å². The van der Waals surface area contributed by atoms with Gasteiger partial charge in [-0.3, -0.25) is 9.09 Å². The summed E-state index contributed by atoms with van der Waals surface area (Å²) in [4.78, 5) is 32.1. The summed E-state index contributed by atoms with van der Waals surface area (Å²) < 4.78 is 22.6. The van der Waals surface area contributed by atoms with Crippen LogP contribution in [0.3, 0.4) is 0 Å². The highest BCUT2D eigenvalue weighted by Gasteiger charge is 2.84. The van der Waals surface area contributed by atoms with E-state index in [2.05, 4.69) is 19.5 Å². The van der Waals surface area contributed by atoms with E-state index in [4.69, 9.17) is 20.3 Å². The van der Waals surface area contributed by atoms with Gasteiger partial charge < -0.3 is 35.4 Å². The Morgan fingerprint density at radius 1 is 1.37 bits per heavy atom. The van der Waals surface area contributed by atoms with Gasteiger partial charge in [0.25, 0.3) is 0 Å². The monoisotopic (exact) mass is 402 g/mol. The normalized spacial score (nSPS) is 35.4. The Labute approximate surface area is 152 Å². The highest BCUT2D eigenvalue weighted by atomic mass is 31.2. The van der Waals surface area contributed by atoms with E-state index in [1.807, 2.05) is 0 Å². The number of nitrogen functional groups attached to an aromatic ring is 1. The third-order valence-corrected chi connectivity index (χ3v) is 5.45. The minimum Gasteiger partial charge on any atom is -0.382 e. The maximum Gasteiger partial charge on any atom is 0.470 e. The Morgan fingerprint density at radius 2 is 2.04 bits per heavy atom. The van der Waals surface area contributed by atoms with Crippen LogP contribution in [0.15, 0.2) is 6.33 Å². The quantitative estimate of drug-likeness (QED) is 0.367. The lowest BCUT2D eigenvalue weighted by Gasteiger charge is -2.32. The van der Waals surface area contributed by atoms with Crippen LogP contribution in [0, 0.1) is 0 Å². The number of hydrogen-bond donors (Lipinski definition) is 5. The number of hydrogen-bond acceptors (Lipinski definition) is 10. The molecule has 3 heterocycles. The van der Waals surface area contributed by atoms with Gasteiger partial charge in [0.1, 0.15) is 17.8 Å². The summed E-state index contributed by atoms with van der Waals surface area (Å²) in [5.74, 6) is 0.442. The summed E-state index contributed by atoms with van der Waals surface area (Å²) in [6.45, 7) is 1.28. The fourth-order valence-electron chi connectivity index (χ4n) is 3.56. The fraction of sp³-hybridized carbons (Fsp3) is 0.615. The van der Waals surface area contributed by atoms with E-state index < -0.39 is 37.5 Å². The molecule has 1 unspecified atom stereocenters. The number of rotatable bonds is 4. The number of nitrogens with zero attached hydrogens (tertiary/aromatic N) is 5. The van der Waals surface area contributed by atoms with E-state index in [1.54, 1.807) is 19.0 Å². The average Bonchev–Trinajstić information content (AvgIpc) is 2.83. The molecule has 2 aromatic rings. The molecule has 4 rings (SSSR count). The molecule has 148 valence electrons. The summed E-state index contributed by atoms with van der Waals surface area (Å²) in [5, 5.41) is 21.6. The first-order valence-electron chi connectivity index (χ1n) is 7.89. The van der Waals surface area contributed by atoms with E-state index in [-0.39, 0.29) is 11.6 Å².